The zero-order valence-corrected chi connectivity index (χ0v) is 15.8. The zero-order chi connectivity index (χ0) is 20.9. The molecule has 1 heterocycles. The number of hydrogen-bond acceptors (Lipinski definition) is 5. The normalized spacial score (nSPS) is 10.5. The molecule has 7 nitrogen and oxygen atoms in total. The van der Waals surface area contributed by atoms with E-state index in [4.69, 9.17) is 9.15 Å². The van der Waals surface area contributed by atoms with Crippen LogP contribution in [0.25, 0.3) is 11.0 Å². The fourth-order valence-electron chi connectivity index (χ4n) is 3.00. The number of rotatable bonds is 5. The van der Waals surface area contributed by atoms with Gasteiger partial charge in [-0.3, -0.25) is 20.4 Å². The number of benzene rings is 3. The first-order chi connectivity index (χ1) is 14.6. The predicted molar refractivity (Wildman–Crippen MR) is 110 cm³/mol. The van der Waals surface area contributed by atoms with Gasteiger partial charge in [-0.2, -0.15) is 0 Å². The molecule has 7 heteroatoms. The van der Waals surface area contributed by atoms with E-state index >= 15 is 0 Å². The van der Waals surface area contributed by atoms with E-state index in [-0.39, 0.29) is 23.7 Å². The molecular weight excluding hydrogens is 384 g/mol. The third-order valence-electron chi connectivity index (χ3n) is 4.47. The lowest BCUT2D eigenvalue weighted by Gasteiger charge is -2.09. The molecule has 3 N–H and O–H groups in total. The Bertz CT molecular complexity index is 1200. The highest BCUT2D eigenvalue weighted by Crippen LogP contribution is 2.27. The third-order valence-corrected chi connectivity index (χ3v) is 4.47. The van der Waals surface area contributed by atoms with Gasteiger partial charge in [-0.15, -0.1) is 0 Å². The molecule has 30 heavy (non-hydrogen) atoms. The molecule has 150 valence electrons. The molecule has 0 aliphatic rings. The fourth-order valence-corrected chi connectivity index (χ4v) is 3.00. The summed E-state index contributed by atoms with van der Waals surface area (Å²) in [5.41, 5.74) is 5.73. The Morgan fingerprint density at radius 1 is 0.833 bits per heavy atom. The van der Waals surface area contributed by atoms with Crippen molar-refractivity contribution in [1.82, 2.24) is 10.9 Å². The van der Waals surface area contributed by atoms with Crippen LogP contribution in [0.1, 0.15) is 26.5 Å². The minimum atomic E-state index is -0.653. The number of hydrogen-bond donors (Lipinski definition) is 3. The quantitative estimate of drug-likeness (QED) is 0.441. The van der Waals surface area contributed by atoms with Crippen LogP contribution in [0.4, 0.5) is 0 Å². The maximum Gasteiger partial charge on any atom is 0.305 e. The Kier molecular flexibility index (Phi) is 5.34. The number of ether oxygens (including phenoxy) is 1. The molecule has 0 spiro atoms. The summed E-state index contributed by atoms with van der Waals surface area (Å²) in [5.74, 6) is -0.794. The van der Waals surface area contributed by atoms with E-state index in [0.717, 1.165) is 5.39 Å². The van der Waals surface area contributed by atoms with Crippen molar-refractivity contribution in [3.63, 3.8) is 0 Å². The monoisotopic (exact) mass is 402 g/mol. The summed E-state index contributed by atoms with van der Waals surface area (Å²) in [7, 11) is 0. The lowest BCUT2D eigenvalue weighted by atomic mass is 10.1. The summed E-state index contributed by atoms with van der Waals surface area (Å²) in [6, 6.07) is 22.5. The smallest absolute Gasteiger partial charge is 0.305 e. The number of para-hydroxylation sites is 3. The maximum atomic E-state index is 12.7. The third kappa shape index (κ3) is 3.95. The minimum Gasteiger partial charge on any atom is -0.507 e. The molecule has 0 saturated carbocycles. The molecule has 3 aromatic carbocycles. The molecule has 0 bridgehead atoms. The summed E-state index contributed by atoms with van der Waals surface area (Å²) < 4.78 is 11.5. The molecule has 0 aliphatic heterocycles. The summed E-state index contributed by atoms with van der Waals surface area (Å²) in [5, 5.41) is 10.5. The van der Waals surface area contributed by atoms with Crippen LogP contribution in [0.2, 0.25) is 0 Å². The number of phenolic OH excluding ortho intramolecular Hbond substituents is 1. The highest BCUT2D eigenvalue weighted by atomic mass is 16.5. The van der Waals surface area contributed by atoms with Gasteiger partial charge in [-0.25, -0.2) is 0 Å². The number of carbonyl (C=O) groups excluding carboxylic acids is 2. The van der Waals surface area contributed by atoms with Gasteiger partial charge in [0.2, 0.25) is 5.76 Å². The van der Waals surface area contributed by atoms with Crippen molar-refractivity contribution in [2.75, 3.05) is 0 Å². The van der Waals surface area contributed by atoms with Gasteiger partial charge in [0.15, 0.2) is 0 Å². The van der Waals surface area contributed by atoms with Gasteiger partial charge >= 0.3 is 5.91 Å². The van der Waals surface area contributed by atoms with Crippen molar-refractivity contribution >= 4 is 22.8 Å². The number of nitrogens with one attached hydrogen (secondary N) is 2. The van der Waals surface area contributed by atoms with Crippen molar-refractivity contribution in [3.8, 4) is 11.5 Å². The van der Waals surface area contributed by atoms with Gasteiger partial charge in [0, 0.05) is 10.9 Å². The summed E-state index contributed by atoms with van der Waals surface area (Å²) >= 11 is 0. The van der Waals surface area contributed by atoms with E-state index in [0.29, 0.717) is 16.9 Å². The lowest BCUT2D eigenvalue weighted by molar-refractivity contribution is 0.0828. The molecule has 0 aliphatic carbocycles. The van der Waals surface area contributed by atoms with Crippen LogP contribution in [0.3, 0.4) is 0 Å². The molecule has 4 rings (SSSR count). The van der Waals surface area contributed by atoms with E-state index in [2.05, 4.69) is 10.9 Å². The maximum absolute atomic E-state index is 12.7. The second-order valence-corrected chi connectivity index (χ2v) is 6.43. The summed E-state index contributed by atoms with van der Waals surface area (Å²) in [6.07, 6.45) is 0. The first-order valence-electron chi connectivity index (χ1n) is 9.20. The molecule has 4 aromatic rings. The van der Waals surface area contributed by atoms with E-state index in [1.54, 1.807) is 24.3 Å². The average Bonchev–Trinajstić information content (AvgIpc) is 3.15. The average molecular weight is 402 g/mol. The second-order valence-electron chi connectivity index (χ2n) is 6.43. The number of furan rings is 1. The van der Waals surface area contributed by atoms with E-state index < -0.39 is 11.8 Å². The Balaban J connectivity index is 1.54. The van der Waals surface area contributed by atoms with Crippen molar-refractivity contribution in [2.24, 2.45) is 0 Å². The van der Waals surface area contributed by atoms with Gasteiger partial charge in [0.1, 0.15) is 23.7 Å². The number of aromatic hydroxyl groups is 1. The van der Waals surface area contributed by atoms with Crippen LogP contribution < -0.4 is 15.6 Å². The molecule has 0 fully saturated rings. The predicted octanol–water partition coefficient (Wildman–Crippen LogP) is 3.79. The number of fused-ring (bicyclic) bond motifs is 1. The van der Waals surface area contributed by atoms with Gasteiger partial charge in [0.05, 0.1) is 5.56 Å². The highest BCUT2D eigenvalue weighted by Gasteiger charge is 2.22. The van der Waals surface area contributed by atoms with Crippen LogP contribution in [0.15, 0.2) is 83.3 Å². The molecule has 0 saturated heterocycles. The molecular formula is C23H18N2O5. The van der Waals surface area contributed by atoms with Crippen molar-refractivity contribution < 1.29 is 23.8 Å². The number of hydrazine groups is 1. The van der Waals surface area contributed by atoms with E-state index in [9.17, 15) is 14.7 Å². The van der Waals surface area contributed by atoms with E-state index in [1.807, 2.05) is 42.5 Å². The van der Waals surface area contributed by atoms with Crippen molar-refractivity contribution in [1.29, 1.82) is 0 Å². The standard InChI is InChI=1S/C23H18N2O5/c26-19-12-6-4-11-17(19)22(27)24-25-23(28)21-18(14-29-15-8-2-1-3-9-15)16-10-5-7-13-20(16)30-21/h1-13,26H,14H2,(H,24,27)(H,25,28). The molecule has 2 amide bonds. The van der Waals surface area contributed by atoms with Crippen LogP contribution >= 0.6 is 0 Å². The first-order valence-corrected chi connectivity index (χ1v) is 9.20. The fraction of sp³-hybridized carbons (Fsp3) is 0.0435. The molecule has 0 radical (unpaired) electrons. The summed E-state index contributed by atoms with van der Waals surface area (Å²) in [4.78, 5) is 25.0. The summed E-state index contributed by atoms with van der Waals surface area (Å²) in [6.45, 7) is 0.108. The van der Waals surface area contributed by atoms with Gasteiger partial charge in [-0.1, -0.05) is 48.5 Å². The Morgan fingerprint density at radius 3 is 2.30 bits per heavy atom. The minimum absolute atomic E-state index is 0.0321. The van der Waals surface area contributed by atoms with Crippen LogP contribution in [0.5, 0.6) is 11.5 Å². The topological polar surface area (TPSA) is 101 Å². The van der Waals surface area contributed by atoms with Crippen LogP contribution in [0, 0.1) is 0 Å². The van der Waals surface area contributed by atoms with E-state index in [1.165, 1.54) is 12.1 Å². The lowest BCUT2D eigenvalue weighted by Crippen LogP contribution is -2.41. The van der Waals surface area contributed by atoms with Crippen molar-refractivity contribution in [3.05, 3.63) is 95.7 Å². The number of carbonyl (C=O) groups is 2. The molecule has 1 aromatic heterocycles. The number of amides is 2. The SMILES string of the molecule is O=C(NNC(=O)c1oc2ccccc2c1COc1ccccc1)c1ccccc1O. The Hall–Kier alpha value is -4.26. The van der Waals surface area contributed by atoms with Crippen molar-refractivity contribution in [2.45, 2.75) is 6.61 Å². The van der Waals surface area contributed by atoms with Gasteiger partial charge in [0.25, 0.3) is 5.91 Å². The molecule has 0 unspecified atom stereocenters. The van der Waals surface area contributed by atoms with Crippen LogP contribution in [-0.2, 0) is 6.61 Å². The second kappa shape index (κ2) is 8.40. The van der Waals surface area contributed by atoms with Gasteiger partial charge < -0.3 is 14.3 Å². The highest BCUT2D eigenvalue weighted by molar-refractivity contribution is 6.02. The molecule has 0 atom stereocenters. The number of phenols is 1. The Labute approximate surface area is 171 Å². The van der Waals surface area contributed by atoms with Gasteiger partial charge in [-0.05, 0) is 30.3 Å². The van der Waals surface area contributed by atoms with Crippen LogP contribution in [-0.4, -0.2) is 16.9 Å². The first kappa shape index (κ1) is 19.1. The zero-order valence-electron chi connectivity index (χ0n) is 15.8. The Morgan fingerprint density at radius 2 is 1.50 bits per heavy atom. The largest absolute Gasteiger partial charge is 0.507 e.